The van der Waals surface area contributed by atoms with Crippen LogP contribution in [-0.2, 0) is 16.1 Å². The standard InChI is InChI=1S/C24H26N4O4S/c1-15(20(30)28-19-12-7-6-11-18(19)25-22(32)24(28,2)3)33-23-26-17-10-5-4-9-16(17)21(31)27(23)13-8-14-29/h4-7,9-12,15,29H,8,13-14H2,1-3H3,(H,25,32)/t15-/m0/s1. The fourth-order valence-corrected chi connectivity index (χ4v) is 4.88. The zero-order valence-corrected chi connectivity index (χ0v) is 19.6. The highest BCUT2D eigenvalue weighted by molar-refractivity contribution is 8.00. The minimum absolute atomic E-state index is 0.0638. The Bertz CT molecular complexity index is 1290. The Labute approximate surface area is 195 Å². The number of aliphatic hydroxyl groups excluding tert-OH is 1. The van der Waals surface area contributed by atoms with Crippen molar-refractivity contribution in [2.45, 2.75) is 49.7 Å². The third-order valence-corrected chi connectivity index (χ3v) is 6.80. The number of aromatic nitrogens is 2. The number of aliphatic hydroxyl groups is 1. The van der Waals surface area contributed by atoms with Crippen LogP contribution in [-0.4, -0.2) is 43.9 Å². The van der Waals surface area contributed by atoms with E-state index in [-0.39, 0.29) is 30.5 Å². The molecule has 0 aliphatic carbocycles. The summed E-state index contributed by atoms with van der Waals surface area (Å²) in [4.78, 5) is 45.7. The lowest BCUT2D eigenvalue weighted by Gasteiger charge is -2.43. The molecule has 0 spiro atoms. The van der Waals surface area contributed by atoms with Crippen LogP contribution in [0.4, 0.5) is 11.4 Å². The second kappa shape index (κ2) is 8.99. The third kappa shape index (κ3) is 4.14. The molecule has 3 aromatic rings. The number of amides is 2. The number of rotatable bonds is 6. The van der Waals surface area contributed by atoms with Gasteiger partial charge in [0.25, 0.3) is 5.56 Å². The number of para-hydroxylation sites is 3. The molecular weight excluding hydrogens is 440 g/mol. The maximum Gasteiger partial charge on any atom is 0.262 e. The number of nitrogens with one attached hydrogen (secondary N) is 1. The molecule has 9 heteroatoms. The van der Waals surface area contributed by atoms with Gasteiger partial charge in [-0.2, -0.15) is 0 Å². The Balaban J connectivity index is 1.72. The minimum atomic E-state index is -1.09. The van der Waals surface area contributed by atoms with E-state index in [0.717, 1.165) is 0 Å². The van der Waals surface area contributed by atoms with Gasteiger partial charge in [0.2, 0.25) is 11.8 Å². The van der Waals surface area contributed by atoms with Gasteiger partial charge in [-0.25, -0.2) is 4.98 Å². The number of carbonyl (C=O) groups excluding carboxylic acids is 2. The molecule has 172 valence electrons. The topological polar surface area (TPSA) is 105 Å². The van der Waals surface area contributed by atoms with E-state index in [1.165, 1.54) is 21.2 Å². The smallest absolute Gasteiger partial charge is 0.262 e. The Morgan fingerprint density at radius 3 is 2.61 bits per heavy atom. The van der Waals surface area contributed by atoms with Crippen LogP contribution < -0.4 is 15.8 Å². The van der Waals surface area contributed by atoms with E-state index >= 15 is 0 Å². The first-order valence-electron chi connectivity index (χ1n) is 10.8. The lowest BCUT2D eigenvalue weighted by Crippen LogP contribution is -2.60. The van der Waals surface area contributed by atoms with Crippen LogP contribution in [0.1, 0.15) is 27.2 Å². The van der Waals surface area contributed by atoms with Crippen molar-refractivity contribution in [1.29, 1.82) is 0 Å². The monoisotopic (exact) mass is 466 g/mol. The summed E-state index contributed by atoms with van der Waals surface area (Å²) >= 11 is 1.18. The van der Waals surface area contributed by atoms with Gasteiger partial charge in [-0.15, -0.1) is 0 Å². The van der Waals surface area contributed by atoms with Gasteiger partial charge in [-0.05, 0) is 51.5 Å². The first-order chi connectivity index (χ1) is 15.8. The zero-order chi connectivity index (χ0) is 23.8. The Kier molecular flexibility index (Phi) is 6.27. The molecule has 4 rings (SSSR count). The minimum Gasteiger partial charge on any atom is -0.396 e. The predicted molar refractivity (Wildman–Crippen MR) is 130 cm³/mol. The van der Waals surface area contributed by atoms with Crippen LogP contribution in [0.15, 0.2) is 58.5 Å². The lowest BCUT2D eigenvalue weighted by molar-refractivity contribution is -0.126. The maximum absolute atomic E-state index is 13.7. The molecule has 1 atom stereocenters. The van der Waals surface area contributed by atoms with Crippen molar-refractivity contribution in [2.75, 3.05) is 16.8 Å². The van der Waals surface area contributed by atoms with Crippen molar-refractivity contribution in [1.82, 2.24) is 9.55 Å². The van der Waals surface area contributed by atoms with E-state index in [0.29, 0.717) is 33.9 Å². The van der Waals surface area contributed by atoms with Crippen molar-refractivity contribution < 1.29 is 14.7 Å². The molecule has 0 radical (unpaired) electrons. The van der Waals surface area contributed by atoms with Crippen molar-refractivity contribution in [3.8, 4) is 0 Å². The normalized spacial score (nSPS) is 15.8. The molecule has 0 fully saturated rings. The molecule has 1 aliphatic heterocycles. The van der Waals surface area contributed by atoms with E-state index in [4.69, 9.17) is 0 Å². The van der Waals surface area contributed by atoms with Gasteiger partial charge >= 0.3 is 0 Å². The molecule has 33 heavy (non-hydrogen) atoms. The van der Waals surface area contributed by atoms with Gasteiger partial charge in [-0.3, -0.25) is 23.9 Å². The van der Waals surface area contributed by atoms with Gasteiger partial charge in [0.05, 0.1) is 27.5 Å². The van der Waals surface area contributed by atoms with Crippen LogP contribution in [0, 0.1) is 0 Å². The summed E-state index contributed by atoms with van der Waals surface area (Å²) in [5.74, 6) is -0.529. The number of thioether (sulfide) groups is 1. The number of anilines is 2. The summed E-state index contributed by atoms with van der Waals surface area (Å²) < 4.78 is 1.51. The third-order valence-electron chi connectivity index (χ3n) is 5.72. The Morgan fingerprint density at radius 2 is 1.85 bits per heavy atom. The Morgan fingerprint density at radius 1 is 1.15 bits per heavy atom. The lowest BCUT2D eigenvalue weighted by atomic mass is 9.96. The highest BCUT2D eigenvalue weighted by Gasteiger charge is 2.45. The molecule has 8 nitrogen and oxygen atoms in total. The number of nitrogens with zero attached hydrogens (tertiary/aromatic N) is 3. The van der Waals surface area contributed by atoms with Crippen LogP contribution in [0.2, 0.25) is 0 Å². The van der Waals surface area contributed by atoms with E-state index in [1.807, 2.05) is 12.1 Å². The molecule has 2 aromatic carbocycles. The number of benzene rings is 2. The van der Waals surface area contributed by atoms with Gasteiger partial charge in [-0.1, -0.05) is 36.0 Å². The molecule has 0 bridgehead atoms. The van der Waals surface area contributed by atoms with E-state index < -0.39 is 10.8 Å². The second-order valence-electron chi connectivity index (χ2n) is 8.41. The summed E-state index contributed by atoms with van der Waals surface area (Å²) in [5, 5.41) is 12.4. The van der Waals surface area contributed by atoms with Crippen molar-refractivity contribution >= 4 is 45.9 Å². The van der Waals surface area contributed by atoms with Gasteiger partial charge in [0.15, 0.2) is 5.16 Å². The van der Waals surface area contributed by atoms with Gasteiger partial charge < -0.3 is 10.4 Å². The average molecular weight is 467 g/mol. The van der Waals surface area contributed by atoms with Crippen LogP contribution in [0.3, 0.4) is 0 Å². The van der Waals surface area contributed by atoms with E-state index in [2.05, 4.69) is 10.3 Å². The van der Waals surface area contributed by atoms with E-state index in [9.17, 15) is 19.5 Å². The second-order valence-corrected chi connectivity index (χ2v) is 9.72. The quantitative estimate of drug-likeness (QED) is 0.427. The van der Waals surface area contributed by atoms with Crippen LogP contribution in [0.5, 0.6) is 0 Å². The highest BCUT2D eigenvalue weighted by atomic mass is 32.2. The van der Waals surface area contributed by atoms with Gasteiger partial charge in [0.1, 0.15) is 5.54 Å². The average Bonchev–Trinajstić information content (AvgIpc) is 2.79. The fraction of sp³-hybridized carbons (Fsp3) is 0.333. The fourth-order valence-electron chi connectivity index (χ4n) is 3.90. The molecule has 0 saturated heterocycles. The zero-order valence-electron chi connectivity index (χ0n) is 18.7. The van der Waals surface area contributed by atoms with E-state index in [1.54, 1.807) is 57.2 Å². The van der Waals surface area contributed by atoms with Crippen molar-refractivity contribution in [3.63, 3.8) is 0 Å². The summed E-state index contributed by atoms with van der Waals surface area (Å²) in [6.45, 7) is 5.39. The number of carbonyl (C=O) groups is 2. The molecule has 1 aliphatic rings. The maximum atomic E-state index is 13.7. The summed E-state index contributed by atoms with van der Waals surface area (Å²) in [7, 11) is 0. The molecule has 0 unspecified atom stereocenters. The van der Waals surface area contributed by atoms with Crippen LogP contribution >= 0.6 is 11.8 Å². The predicted octanol–water partition coefficient (Wildman–Crippen LogP) is 3.02. The summed E-state index contributed by atoms with van der Waals surface area (Å²) in [6.07, 6.45) is 0.391. The molecule has 1 aromatic heterocycles. The van der Waals surface area contributed by atoms with Gasteiger partial charge in [0, 0.05) is 13.2 Å². The largest absolute Gasteiger partial charge is 0.396 e. The number of fused-ring (bicyclic) bond motifs is 2. The molecular formula is C24H26N4O4S. The van der Waals surface area contributed by atoms with Crippen molar-refractivity contribution in [2.24, 2.45) is 0 Å². The molecule has 0 saturated carbocycles. The first-order valence-corrected chi connectivity index (χ1v) is 11.7. The summed E-state index contributed by atoms with van der Waals surface area (Å²) in [5.41, 5.74) is 0.458. The Hall–Kier alpha value is -3.17. The first kappa shape index (κ1) is 23.0. The molecule has 2 N–H and O–H groups in total. The number of hydrogen-bond donors (Lipinski definition) is 2. The SMILES string of the molecule is C[C@H](Sc1nc2ccccc2c(=O)n1CCCO)C(=O)N1c2ccccc2NC(=O)C1(C)C. The molecule has 2 amide bonds. The molecule has 2 heterocycles. The van der Waals surface area contributed by atoms with Crippen LogP contribution in [0.25, 0.3) is 10.9 Å². The highest BCUT2D eigenvalue weighted by Crippen LogP contribution is 2.38. The number of hydrogen-bond acceptors (Lipinski definition) is 6. The summed E-state index contributed by atoms with van der Waals surface area (Å²) in [6, 6.07) is 14.3. The van der Waals surface area contributed by atoms with Crippen molar-refractivity contribution in [3.05, 3.63) is 58.9 Å².